The van der Waals surface area contributed by atoms with Crippen molar-refractivity contribution < 1.29 is 4.79 Å². The molecule has 2 heteroatoms. The average Bonchev–Trinajstić information content (AvgIpc) is 2.55. The average molecular weight is 215 g/mol. The Balaban J connectivity index is 2.62. The third-order valence-corrected chi connectivity index (χ3v) is 3.36. The molecule has 1 aromatic carbocycles. The smallest absolute Gasteiger partial charge is 0.120 e. The molecule has 2 nitrogen and oxygen atoms in total. The zero-order valence-corrected chi connectivity index (χ0v) is 10.0. The molecule has 0 radical (unpaired) electrons. The molecule has 0 aliphatic rings. The minimum absolute atomic E-state index is 0.277. The van der Waals surface area contributed by atoms with Crippen LogP contribution in [0.25, 0.3) is 10.9 Å². The summed E-state index contributed by atoms with van der Waals surface area (Å²) in [4.78, 5) is 14.0. The lowest BCUT2D eigenvalue weighted by molar-refractivity contribution is -0.108. The van der Waals surface area contributed by atoms with E-state index in [9.17, 15) is 4.79 Å². The topological polar surface area (TPSA) is 32.9 Å². The number of aromatic amines is 1. The second-order valence-corrected chi connectivity index (χ2v) is 4.45. The number of nitrogens with one attached hydrogen (secondary N) is 1. The van der Waals surface area contributed by atoms with Crippen molar-refractivity contribution in [2.75, 3.05) is 0 Å². The molecule has 0 aliphatic carbocycles. The van der Waals surface area contributed by atoms with Crippen LogP contribution in [0.4, 0.5) is 0 Å². The Morgan fingerprint density at radius 2 is 2.12 bits per heavy atom. The van der Waals surface area contributed by atoms with E-state index in [1.54, 1.807) is 0 Å². The molecule has 2 rings (SSSR count). The van der Waals surface area contributed by atoms with Crippen molar-refractivity contribution in [3.05, 3.63) is 35.0 Å². The fourth-order valence-electron chi connectivity index (χ4n) is 2.19. The number of hydrogen-bond donors (Lipinski definition) is 1. The number of benzene rings is 1. The molecule has 0 saturated heterocycles. The highest BCUT2D eigenvalue weighted by Gasteiger charge is 2.12. The lowest BCUT2D eigenvalue weighted by Crippen LogP contribution is -1.95. The van der Waals surface area contributed by atoms with Gasteiger partial charge >= 0.3 is 0 Å². The molecule has 0 fully saturated rings. The molecule has 1 atom stereocenters. The molecule has 2 aromatic rings. The van der Waals surface area contributed by atoms with E-state index in [0.29, 0.717) is 6.42 Å². The number of aryl methyl sites for hydroxylation is 2. The van der Waals surface area contributed by atoms with Crippen LogP contribution in [0, 0.1) is 13.8 Å². The summed E-state index contributed by atoms with van der Waals surface area (Å²) < 4.78 is 0. The van der Waals surface area contributed by atoms with Gasteiger partial charge in [0.05, 0.1) is 0 Å². The van der Waals surface area contributed by atoms with Crippen molar-refractivity contribution in [1.29, 1.82) is 0 Å². The normalized spacial score (nSPS) is 12.9. The van der Waals surface area contributed by atoms with Crippen LogP contribution < -0.4 is 0 Å². The minimum Gasteiger partial charge on any atom is -0.358 e. The van der Waals surface area contributed by atoms with Crippen molar-refractivity contribution in [3.63, 3.8) is 0 Å². The van der Waals surface area contributed by atoms with E-state index >= 15 is 0 Å². The number of aldehydes is 1. The summed E-state index contributed by atoms with van der Waals surface area (Å²) in [6, 6.07) is 6.30. The Kier molecular flexibility index (Phi) is 2.82. The van der Waals surface area contributed by atoms with E-state index in [1.807, 2.05) is 0 Å². The first-order chi connectivity index (χ1) is 7.65. The fourth-order valence-corrected chi connectivity index (χ4v) is 2.19. The van der Waals surface area contributed by atoms with Crippen LogP contribution in [0.2, 0.25) is 0 Å². The molecule has 84 valence electrons. The van der Waals surface area contributed by atoms with Gasteiger partial charge in [-0.15, -0.1) is 0 Å². The molecule has 1 aromatic heterocycles. The lowest BCUT2D eigenvalue weighted by atomic mass is 9.96. The summed E-state index contributed by atoms with van der Waals surface area (Å²) in [5.74, 6) is 0.277. The Hall–Kier alpha value is -1.57. The van der Waals surface area contributed by atoms with Gasteiger partial charge in [0.15, 0.2) is 0 Å². The summed E-state index contributed by atoms with van der Waals surface area (Å²) >= 11 is 0. The summed E-state index contributed by atoms with van der Waals surface area (Å²) in [6.07, 6.45) is 1.57. The molecule has 0 bridgehead atoms. The van der Waals surface area contributed by atoms with Crippen molar-refractivity contribution in [2.45, 2.75) is 33.1 Å². The second kappa shape index (κ2) is 4.12. The van der Waals surface area contributed by atoms with Crippen molar-refractivity contribution >= 4 is 17.2 Å². The van der Waals surface area contributed by atoms with Crippen LogP contribution >= 0.6 is 0 Å². The first-order valence-corrected chi connectivity index (χ1v) is 5.66. The van der Waals surface area contributed by atoms with E-state index in [2.05, 4.69) is 44.0 Å². The molecule has 0 aliphatic heterocycles. The zero-order valence-electron chi connectivity index (χ0n) is 10.0. The summed E-state index contributed by atoms with van der Waals surface area (Å²) in [6.45, 7) is 6.31. The fraction of sp³-hybridized carbons (Fsp3) is 0.357. The summed E-state index contributed by atoms with van der Waals surface area (Å²) in [7, 11) is 0. The van der Waals surface area contributed by atoms with Gasteiger partial charge in [-0.3, -0.25) is 0 Å². The highest BCUT2D eigenvalue weighted by atomic mass is 16.1. The van der Waals surface area contributed by atoms with Crippen LogP contribution in [0.3, 0.4) is 0 Å². The van der Waals surface area contributed by atoms with Crippen LogP contribution in [0.1, 0.15) is 36.1 Å². The molecular formula is C14H17NO. The SMILES string of the molecule is Cc1[nH]c2c(C(C)CC=O)cccc2c1C. The number of hydrogen-bond acceptors (Lipinski definition) is 1. The van der Waals surface area contributed by atoms with Gasteiger partial charge in [-0.1, -0.05) is 25.1 Å². The Morgan fingerprint density at radius 3 is 2.81 bits per heavy atom. The molecule has 1 unspecified atom stereocenters. The highest BCUT2D eigenvalue weighted by Crippen LogP contribution is 2.29. The second-order valence-electron chi connectivity index (χ2n) is 4.45. The van der Waals surface area contributed by atoms with Gasteiger partial charge in [0, 0.05) is 23.0 Å². The van der Waals surface area contributed by atoms with Gasteiger partial charge in [-0.2, -0.15) is 0 Å². The monoisotopic (exact) mass is 215 g/mol. The maximum Gasteiger partial charge on any atom is 0.120 e. The maximum absolute atomic E-state index is 10.6. The number of aromatic nitrogens is 1. The Bertz CT molecular complexity index is 525. The minimum atomic E-state index is 0.277. The zero-order chi connectivity index (χ0) is 11.7. The first kappa shape index (κ1) is 10.9. The lowest BCUT2D eigenvalue weighted by Gasteiger charge is -2.09. The van der Waals surface area contributed by atoms with Crippen LogP contribution in [0.5, 0.6) is 0 Å². The predicted octanol–water partition coefficient (Wildman–Crippen LogP) is 3.48. The van der Waals surface area contributed by atoms with Gasteiger partial charge in [0.1, 0.15) is 6.29 Å². The number of para-hydroxylation sites is 1. The van der Waals surface area contributed by atoms with E-state index in [0.717, 1.165) is 6.29 Å². The number of carbonyl (C=O) groups excluding carboxylic acids is 1. The van der Waals surface area contributed by atoms with E-state index in [1.165, 1.54) is 27.7 Å². The molecule has 1 heterocycles. The number of carbonyl (C=O) groups is 1. The van der Waals surface area contributed by atoms with Gasteiger partial charge in [-0.05, 0) is 30.9 Å². The van der Waals surface area contributed by atoms with Crippen LogP contribution in [-0.4, -0.2) is 11.3 Å². The van der Waals surface area contributed by atoms with Gasteiger partial charge < -0.3 is 9.78 Å². The largest absolute Gasteiger partial charge is 0.358 e. The van der Waals surface area contributed by atoms with Crippen molar-refractivity contribution in [2.24, 2.45) is 0 Å². The summed E-state index contributed by atoms with van der Waals surface area (Å²) in [5.41, 5.74) is 4.93. The quantitative estimate of drug-likeness (QED) is 0.781. The number of H-pyrrole nitrogens is 1. The molecule has 0 saturated carbocycles. The van der Waals surface area contributed by atoms with E-state index < -0.39 is 0 Å². The van der Waals surface area contributed by atoms with Gasteiger partial charge in [0.2, 0.25) is 0 Å². The Morgan fingerprint density at radius 1 is 1.38 bits per heavy atom. The van der Waals surface area contributed by atoms with Crippen LogP contribution in [-0.2, 0) is 4.79 Å². The number of fused-ring (bicyclic) bond motifs is 1. The third kappa shape index (κ3) is 1.64. The Labute approximate surface area is 95.7 Å². The highest BCUT2D eigenvalue weighted by molar-refractivity contribution is 5.87. The first-order valence-electron chi connectivity index (χ1n) is 5.66. The summed E-state index contributed by atoms with van der Waals surface area (Å²) in [5, 5.41) is 1.27. The van der Waals surface area contributed by atoms with E-state index in [4.69, 9.17) is 0 Å². The third-order valence-electron chi connectivity index (χ3n) is 3.36. The van der Waals surface area contributed by atoms with Crippen molar-refractivity contribution in [1.82, 2.24) is 4.98 Å². The standard InChI is InChI=1S/C14H17NO/c1-9(7-8-16)12-5-4-6-13-10(2)11(3)15-14(12)13/h4-6,8-9,15H,7H2,1-3H3. The molecule has 0 spiro atoms. The molecular weight excluding hydrogens is 198 g/mol. The van der Waals surface area contributed by atoms with E-state index in [-0.39, 0.29) is 5.92 Å². The maximum atomic E-state index is 10.6. The molecule has 16 heavy (non-hydrogen) atoms. The predicted molar refractivity (Wildman–Crippen MR) is 66.9 cm³/mol. The van der Waals surface area contributed by atoms with Crippen molar-refractivity contribution in [3.8, 4) is 0 Å². The molecule has 0 amide bonds. The number of rotatable bonds is 3. The molecule has 1 N–H and O–H groups in total. The van der Waals surface area contributed by atoms with Gasteiger partial charge in [0.25, 0.3) is 0 Å². The van der Waals surface area contributed by atoms with Crippen LogP contribution in [0.15, 0.2) is 18.2 Å². The van der Waals surface area contributed by atoms with Gasteiger partial charge in [-0.25, -0.2) is 0 Å².